The molecule has 0 saturated carbocycles. The van der Waals surface area contributed by atoms with E-state index < -0.39 is 5.91 Å². The van der Waals surface area contributed by atoms with Gasteiger partial charge in [0.2, 0.25) is 18.6 Å². The number of nitrogens with one attached hydrogen (secondary N) is 1. The Hall–Kier alpha value is -5.03. The van der Waals surface area contributed by atoms with Gasteiger partial charge in [-0.25, -0.2) is 4.98 Å². The number of fused-ring (bicyclic) bond motifs is 1. The maximum absolute atomic E-state index is 13.4. The van der Waals surface area contributed by atoms with Gasteiger partial charge in [0, 0.05) is 37.0 Å². The van der Waals surface area contributed by atoms with Gasteiger partial charge in [0.15, 0.2) is 23.0 Å². The summed E-state index contributed by atoms with van der Waals surface area (Å²) in [5.74, 6) is 1.66. The number of methoxy groups -OCH3 is 3. The van der Waals surface area contributed by atoms with Crippen molar-refractivity contribution in [3.63, 3.8) is 0 Å². The van der Waals surface area contributed by atoms with Crippen molar-refractivity contribution in [3.8, 4) is 39.9 Å². The molecule has 0 saturated heterocycles. The van der Waals surface area contributed by atoms with Crippen LogP contribution in [0.3, 0.4) is 0 Å². The Labute approximate surface area is 237 Å². The van der Waals surface area contributed by atoms with Gasteiger partial charge in [-0.1, -0.05) is 30.3 Å². The number of hydrogen-bond donors (Lipinski definition) is 1. The molecule has 1 aliphatic heterocycles. The second-order valence-electron chi connectivity index (χ2n) is 9.06. The third-order valence-electron chi connectivity index (χ3n) is 6.48. The number of rotatable bonds is 11. The second kappa shape index (κ2) is 12.4. The van der Waals surface area contributed by atoms with Crippen molar-refractivity contribution in [2.75, 3.05) is 53.1 Å². The number of carbonyl (C=O) groups excluding carboxylic acids is 2. The number of amides is 2. The fourth-order valence-electron chi connectivity index (χ4n) is 4.39. The van der Waals surface area contributed by atoms with Crippen molar-refractivity contribution in [3.05, 3.63) is 78.5 Å². The summed E-state index contributed by atoms with van der Waals surface area (Å²) in [5.41, 5.74) is 2.60. The zero-order chi connectivity index (χ0) is 28.8. The number of benzene rings is 3. The largest absolute Gasteiger partial charge is 0.493 e. The molecule has 4 aromatic rings. The Morgan fingerprint density at radius 2 is 1.73 bits per heavy atom. The highest BCUT2D eigenvalue weighted by molar-refractivity contribution is 5.99. The van der Waals surface area contributed by atoms with Crippen LogP contribution in [-0.4, -0.2) is 74.1 Å². The van der Waals surface area contributed by atoms with E-state index in [1.165, 1.54) is 12.0 Å². The lowest BCUT2D eigenvalue weighted by molar-refractivity contribution is -0.117. The average molecular weight is 559 g/mol. The van der Waals surface area contributed by atoms with E-state index in [1.807, 2.05) is 42.6 Å². The molecule has 2 amide bonds. The van der Waals surface area contributed by atoms with E-state index >= 15 is 0 Å². The van der Waals surface area contributed by atoms with E-state index in [-0.39, 0.29) is 38.3 Å². The minimum absolute atomic E-state index is 0.0977. The maximum Gasteiger partial charge on any atom is 0.254 e. The van der Waals surface area contributed by atoms with Crippen molar-refractivity contribution in [1.82, 2.24) is 14.5 Å². The summed E-state index contributed by atoms with van der Waals surface area (Å²) in [6, 6.07) is 19.9. The first-order valence-electron chi connectivity index (χ1n) is 12.9. The Kier molecular flexibility index (Phi) is 8.35. The number of aromatic nitrogens is 2. The average Bonchev–Trinajstić information content (AvgIpc) is 3.65. The SMILES string of the molecule is COCCN(CC(=O)Nc1nc(-c2ccccc2)cn1-c1ccc(OC)c(OC)c1)C(=O)c1ccc2c(c1)OCO2. The molecule has 0 aliphatic carbocycles. The van der Waals surface area contributed by atoms with E-state index in [0.29, 0.717) is 39.9 Å². The molecule has 1 N–H and O–H groups in total. The lowest BCUT2D eigenvalue weighted by Gasteiger charge is -2.22. The summed E-state index contributed by atoms with van der Waals surface area (Å²) in [7, 11) is 4.65. The van der Waals surface area contributed by atoms with Crippen LogP contribution in [0.5, 0.6) is 23.0 Å². The predicted octanol–water partition coefficient (Wildman–Crippen LogP) is 4.01. The fourth-order valence-corrected chi connectivity index (χ4v) is 4.39. The second-order valence-corrected chi connectivity index (χ2v) is 9.06. The summed E-state index contributed by atoms with van der Waals surface area (Å²) in [6.07, 6.45) is 1.83. The lowest BCUT2D eigenvalue weighted by Crippen LogP contribution is -2.40. The monoisotopic (exact) mass is 558 g/mol. The van der Waals surface area contributed by atoms with Crippen LogP contribution < -0.4 is 24.3 Å². The number of nitrogens with zero attached hydrogens (tertiary/aromatic N) is 3. The van der Waals surface area contributed by atoms with Gasteiger partial charge in [-0.2, -0.15) is 0 Å². The molecule has 3 aromatic carbocycles. The topological polar surface area (TPSA) is 113 Å². The molecule has 5 rings (SSSR count). The zero-order valence-electron chi connectivity index (χ0n) is 23.0. The molecule has 212 valence electrons. The van der Waals surface area contributed by atoms with E-state index in [1.54, 1.807) is 49.1 Å². The third kappa shape index (κ3) is 6.10. The fraction of sp³-hybridized carbons (Fsp3) is 0.233. The van der Waals surface area contributed by atoms with E-state index in [9.17, 15) is 9.59 Å². The van der Waals surface area contributed by atoms with Gasteiger partial charge in [-0.15, -0.1) is 0 Å². The minimum Gasteiger partial charge on any atom is -0.493 e. The Balaban J connectivity index is 1.42. The van der Waals surface area contributed by atoms with Crippen LogP contribution in [0.4, 0.5) is 5.95 Å². The molecule has 0 radical (unpaired) electrons. The van der Waals surface area contributed by atoms with Gasteiger partial charge in [0.1, 0.15) is 6.54 Å². The molecule has 0 unspecified atom stereocenters. The van der Waals surface area contributed by atoms with Gasteiger partial charge in [0.05, 0.1) is 32.2 Å². The van der Waals surface area contributed by atoms with Gasteiger partial charge in [0.25, 0.3) is 5.91 Å². The molecular weight excluding hydrogens is 528 g/mol. The number of imidazole rings is 1. The summed E-state index contributed by atoms with van der Waals surface area (Å²) in [6.45, 7) is 0.329. The molecular formula is C30H30N4O7. The van der Waals surface area contributed by atoms with Crippen molar-refractivity contribution >= 4 is 17.8 Å². The van der Waals surface area contributed by atoms with E-state index in [0.717, 1.165) is 5.56 Å². The first-order valence-corrected chi connectivity index (χ1v) is 12.9. The number of anilines is 1. The van der Waals surface area contributed by atoms with Crippen LogP contribution in [0, 0.1) is 0 Å². The predicted molar refractivity (Wildman–Crippen MR) is 151 cm³/mol. The standard InChI is InChI=1S/C30H30N4O7/c1-37-14-13-33(29(36)21-9-11-25-27(15-21)41-19-40-25)18-28(35)32-30-31-23(20-7-5-4-6-8-20)17-34(30)22-10-12-24(38-2)26(16-22)39-3/h4-12,15-17H,13-14,18-19H2,1-3H3,(H,31,32,35). The lowest BCUT2D eigenvalue weighted by atomic mass is 10.1. The first kappa shape index (κ1) is 27.5. The van der Waals surface area contributed by atoms with Crippen molar-refractivity contribution in [1.29, 1.82) is 0 Å². The van der Waals surface area contributed by atoms with E-state index in [4.69, 9.17) is 28.7 Å². The van der Waals surface area contributed by atoms with Gasteiger partial charge in [-0.05, 0) is 30.3 Å². The van der Waals surface area contributed by atoms with Crippen LogP contribution in [-0.2, 0) is 9.53 Å². The summed E-state index contributed by atoms with van der Waals surface area (Å²) in [5, 5.41) is 2.88. The molecule has 11 nitrogen and oxygen atoms in total. The smallest absolute Gasteiger partial charge is 0.254 e. The number of ether oxygens (including phenoxy) is 5. The zero-order valence-corrected chi connectivity index (χ0v) is 23.0. The first-order chi connectivity index (χ1) is 20.0. The quantitative estimate of drug-likeness (QED) is 0.294. The molecule has 0 bridgehead atoms. The molecule has 0 fully saturated rings. The van der Waals surface area contributed by atoms with Gasteiger partial charge in [-0.3, -0.25) is 19.5 Å². The van der Waals surface area contributed by atoms with E-state index in [2.05, 4.69) is 5.32 Å². The molecule has 2 heterocycles. The van der Waals surface area contributed by atoms with Gasteiger partial charge < -0.3 is 28.6 Å². The highest BCUT2D eigenvalue weighted by Crippen LogP contribution is 2.33. The van der Waals surface area contributed by atoms with Gasteiger partial charge >= 0.3 is 0 Å². The molecule has 11 heteroatoms. The maximum atomic E-state index is 13.4. The molecule has 1 aromatic heterocycles. The summed E-state index contributed by atoms with van der Waals surface area (Å²) in [4.78, 5) is 32.9. The summed E-state index contributed by atoms with van der Waals surface area (Å²) < 4.78 is 28.6. The number of hydrogen-bond acceptors (Lipinski definition) is 8. The minimum atomic E-state index is -0.429. The highest BCUT2D eigenvalue weighted by Gasteiger charge is 2.23. The molecule has 0 spiro atoms. The molecule has 1 aliphatic rings. The van der Waals surface area contributed by atoms with Crippen molar-refractivity contribution in [2.24, 2.45) is 0 Å². The Bertz CT molecular complexity index is 1540. The van der Waals surface area contributed by atoms with Crippen molar-refractivity contribution < 1.29 is 33.3 Å². The number of carbonyl (C=O) groups is 2. The highest BCUT2D eigenvalue weighted by atomic mass is 16.7. The van der Waals surface area contributed by atoms with Crippen molar-refractivity contribution in [2.45, 2.75) is 0 Å². The Morgan fingerprint density at radius 3 is 2.49 bits per heavy atom. The van der Waals surface area contributed by atoms with Crippen LogP contribution in [0.1, 0.15) is 10.4 Å². The van der Waals surface area contributed by atoms with Crippen LogP contribution in [0.15, 0.2) is 72.9 Å². The Morgan fingerprint density at radius 1 is 0.951 bits per heavy atom. The summed E-state index contributed by atoms with van der Waals surface area (Å²) >= 11 is 0. The molecule has 41 heavy (non-hydrogen) atoms. The van der Waals surface area contributed by atoms with Crippen LogP contribution in [0.25, 0.3) is 16.9 Å². The third-order valence-corrected chi connectivity index (χ3v) is 6.48. The van der Waals surface area contributed by atoms with Crippen LogP contribution >= 0.6 is 0 Å². The molecule has 0 atom stereocenters. The van der Waals surface area contributed by atoms with Crippen LogP contribution in [0.2, 0.25) is 0 Å². The normalized spacial score (nSPS) is 11.7.